The van der Waals surface area contributed by atoms with E-state index in [2.05, 4.69) is 20.9 Å². The highest BCUT2D eigenvalue weighted by molar-refractivity contribution is 5.94. The summed E-state index contributed by atoms with van der Waals surface area (Å²) in [5.41, 5.74) is 21.4. The van der Waals surface area contributed by atoms with E-state index in [1.54, 1.807) is 0 Å². The van der Waals surface area contributed by atoms with Crippen LogP contribution in [0.5, 0.6) is 0 Å². The first-order chi connectivity index (χ1) is 15.9. The van der Waals surface area contributed by atoms with Crippen LogP contribution in [0.4, 0.5) is 0 Å². The fraction of sp³-hybridized carbons (Fsp3) is 0.737. The standard InChI is InChI=1S/C19H38N8O7/c1-10(29)14(21)17(32)25-11(5-2-3-7-20)15(30)27-13(9-28)16(31)26-12(18(33)34)6-4-8-24-19(22)23/h10-14,28-29H,2-9,20-21H2,1H3,(H,25,32)(H,26,31)(H,27,30)(H,33,34)(H4,22,23,24). The Hall–Kier alpha value is -3.01. The molecule has 0 aliphatic heterocycles. The number of aliphatic carboxylic acids is 1. The summed E-state index contributed by atoms with van der Waals surface area (Å²) >= 11 is 0. The van der Waals surface area contributed by atoms with Gasteiger partial charge in [0.1, 0.15) is 24.2 Å². The number of aliphatic hydroxyl groups is 2. The number of carboxylic acid groups (broad SMARTS) is 1. The zero-order chi connectivity index (χ0) is 26.3. The Bertz CT molecular complexity index is 700. The van der Waals surface area contributed by atoms with E-state index >= 15 is 0 Å². The Morgan fingerprint density at radius 1 is 0.882 bits per heavy atom. The maximum atomic E-state index is 12.7. The smallest absolute Gasteiger partial charge is 0.326 e. The molecular formula is C19H38N8O7. The second kappa shape index (κ2) is 16.6. The first kappa shape index (κ1) is 31.0. The number of amides is 3. The molecule has 5 atom stereocenters. The molecule has 34 heavy (non-hydrogen) atoms. The van der Waals surface area contributed by atoms with E-state index in [-0.39, 0.29) is 31.8 Å². The van der Waals surface area contributed by atoms with Crippen molar-refractivity contribution in [1.82, 2.24) is 16.0 Å². The van der Waals surface area contributed by atoms with Gasteiger partial charge in [0.15, 0.2) is 5.96 Å². The lowest BCUT2D eigenvalue weighted by atomic mass is 10.1. The zero-order valence-electron chi connectivity index (χ0n) is 19.3. The quantitative estimate of drug-likeness (QED) is 0.0525. The number of hydrogen-bond acceptors (Lipinski definition) is 9. The number of guanidine groups is 1. The Labute approximate surface area is 197 Å². The van der Waals surface area contributed by atoms with Crippen LogP contribution >= 0.6 is 0 Å². The first-order valence-electron chi connectivity index (χ1n) is 10.9. The van der Waals surface area contributed by atoms with Crippen molar-refractivity contribution in [2.75, 3.05) is 19.7 Å². The molecule has 0 aromatic heterocycles. The third-order valence-corrected chi connectivity index (χ3v) is 4.78. The molecule has 0 rings (SSSR count). The van der Waals surface area contributed by atoms with Crippen LogP contribution in [-0.4, -0.2) is 94.9 Å². The topological polar surface area (TPSA) is 282 Å². The largest absolute Gasteiger partial charge is 0.480 e. The van der Waals surface area contributed by atoms with Crippen LogP contribution in [0.2, 0.25) is 0 Å². The molecule has 0 saturated heterocycles. The van der Waals surface area contributed by atoms with Crippen LogP contribution < -0.4 is 38.9 Å². The number of nitrogens with one attached hydrogen (secondary N) is 3. The average molecular weight is 491 g/mol. The highest BCUT2D eigenvalue weighted by Crippen LogP contribution is 2.04. The van der Waals surface area contributed by atoms with Crippen molar-refractivity contribution < 1.29 is 34.5 Å². The summed E-state index contributed by atoms with van der Waals surface area (Å²) in [6.07, 6.45) is 0.272. The SMILES string of the molecule is CC(O)C(N)C(=O)NC(CCCCN)C(=O)NC(CO)C(=O)NC(CCCN=C(N)N)C(=O)O. The molecule has 0 aromatic rings. The van der Waals surface area contributed by atoms with Crippen LogP contribution in [-0.2, 0) is 19.2 Å². The molecule has 15 heteroatoms. The fourth-order valence-corrected chi connectivity index (χ4v) is 2.75. The van der Waals surface area contributed by atoms with E-state index in [1.165, 1.54) is 6.92 Å². The van der Waals surface area contributed by atoms with E-state index < -0.39 is 60.6 Å². The van der Waals surface area contributed by atoms with Crippen molar-refractivity contribution in [1.29, 1.82) is 0 Å². The van der Waals surface area contributed by atoms with Crippen molar-refractivity contribution in [2.24, 2.45) is 27.9 Å². The lowest BCUT2D eigenvalue weighted by Crippen LogP contribution is -2.58. The number of nitrogens with two attached hydrogens (primary N) is 4. The first-order valence-corrected chi connectivity index (χ1v) is 10.9. The number of unbranched alkanes of at least 4 members (excludes halogenated alkanes) is 1. The third-order valence-electron chi connectivity index (χ3n) is 4.78. The van der Waals surface area contributed by atoms with Gasteiger partial charge in [-0.15, -0.1) is 0 Å². The minimum absolute atomic E-state index is 0.00104. The second-order valence-corrected chi connectivity index (χ2v) is 7.70. The summed E-state index contributed by atoms with van der Waals surface area (Å²) in [4.78, 5) is 52.6. The van der Waals surface area contributed by atoms with Crippen LogP contribution in [0.1, 0.15) is 39.0 Å². The van der Waals surface area contributed by atoms with Crippen molar-refractivity contribution >= 4 is 29.7 Å². The van der Waals surface area contributed by atoms with Gasteiger partial charge in [-0.05, 0) is 45.6 Å². The minimum Gasteiger partial charge on any atom is -0.480 e. The van der Waals surface area contributed by atoms with Gasteiger partial charge in [-0.3, -0.25) is 19.4 Å². The second-order valence-electron chi connectivity index (χ2n) is 7.70. The van der Waals surface area contributed by atoms with E-state index in [9.17, 15) is 34.5 Å². The highest BCUT2D eigenvalue weighted by atomic mass is 16.4. The maximum absolute atomic E-state index is 12.7. The summed E-state index contributed by atoms with van der Waals surface area (Å²) < 4.78 is 0. The Morgan fingerprint density at radius 2 is 1.41 bits per heavy atom. The number of aliphatic hydroxyl groups excluding tert-OH is 2. The fourth-order valence-electron chi connectivity index (χ4n) is 2.75. The van der Waals surface area contributed by atoms with E-state index in [1.807, 2.05) is 0 Å². The Kier molecular flexibility index (Phi) is 15.1. The number of aliphatic imine (C=N–C) groups is 1. The highest BCUT2D eigenvalue weighted by Gasteiger charge is 2.30. The molecule has 15 nitrogen and oxygen atoms in total. The van der Waals surface area contributed by atoms with Gasteiger partial charge < -0.3 is 54.2 Å². The monoisotopic (exact) mass is 490 g/mol. The summed E-state index contributed by atoms with van der Waals surface area (Å²) in [5.74, 6) is -3.98. The molecule has 0 aliphatic carbocycles. The molecule has 0 bridgehead atoms. The van der Waals surface area contributed by atoms with Crippen molar-refractivity contribution in [3.05, 3.63) is 0 Å². The van der Waals surface area contributed by atoms with E-state index in [0.29, 0.717) is 19.4 Å². The zero-order valence-corrected chi connectivity index (χ0v) is 19.3. The summed E-state index contributed by atoms with van der Waals surface area (Å²) in [6, 6.07) is -5.19. The molecule has 0 aromatic carbocycles. The molecule has 0 fully saturated rings. The lowest BCUT2D eigenvalue weighted by molar-refractivity contribution is -0.142. The summed E-state index contributed by atoms with van der Waals surface area (Å²) in [7, 11) is 0. The third kappa shape index (κ3) is 12.3. The Morgan fingerprint density at radius 3 is 1.91 bits per heavy atom. The average Bonchev–Trinajstić information content (AvgIpc) is 2.77. The predicted octanol–water partition coefficient (Wildman–Crippen LogP) is -4.59. The van der Waals surface area contributed by atoms with Crippen molar-refractivity contribution in [2.45, 2.75) is 69.3 Å². The van der Waals surface area contributed by atoms with Crippen molar-refractivity contribution in [3.63, 3.8) is 0 Å². The molecule has 0 aliphatic rings. The predicted molar refractivity (Wildman–Crippen MR) is 123 cm³/mol. The molecular weight excluding hydrogens is 452 g/mol. The lowest BCUT2D eigenvalue weighted by Gasteiger charge is -2.24. The van der Waals surface area contributed by atoms with Gasteiger partial charge in [0, 0.05) is 6.54 Å². The normalized spacial score (nSPS) is 15.2. The number of nitrogens with zero attached hydrogens (tertiary/aromatic N) is 1. The van der Waals surface area contributed by atoms with Gasteiger partial charge >= 0.3 is 5.97 Å². The summed E-state index contributed by atoms with van der Waals surface area (Å²) in [5, 5.41) is 35.4. The maximum Gasteiger partial charge on any atom is 0.326 e. The number of carbonyl (C=O) groups excluding carboxylic acids is 3. The number of rotatable bonds is 17. The number of carbonyl (C=O) groups is 4. The van der Waals surface area contributed by atoms with Gasteiger partial charge in [-0.1, -0.05) is 0 Å². The molecule has 0 radical (unpaired) electrons. The van der Waals surface area contributed by atoms with Gasteiger partial charge in [-0.25, -0.2) is 4.79 Å². The van der Waals surface area contributed by atoms with Crippen LogP contribution in [0.3, 0.4) is 0 Å². The van der Waals surface area contributed by atoms with Gasteiger partial charge in [0.2, 0.25) is 17.7 Å². The van der Waals surface area contributed by atoms with E-state index in [4.69, 9.17) is 22.9 Å². The molecule has 196 valence electrons. The molecule has 14 N–H and O–H groups in total. The van der Waals surface area contributed by atoms with Crippen LogP contribution in [0.15, 0.2) is 4.99 Å². The van der Waals surface area contributed by atoms with Gasteiger partial charge in [0.25, 0.3) is 0 Å². The van der Waals surface area contributed by atoms with Crippen molar-refractivity contribution in [3.8, 4) is 0 Å². The van der Waals surface area contributed by atoms with Crippen LogP contribution in [0.25, 0.3) is 0 Å². The molecule has 0 heterocycles. The molecule has 0 spiro atoms. The Balaban J connectivity index is 5.19. The van der Waals surface area contributed by atoms with Crippen LogP contribution in [0, 0.1) is 0 Å². The molecule has 5 unspecified atom stereocenters. The number of hydrogen-bond donors (Lipinski definition) is 10. The number of carboxylic acids is 1. The van der Waals surface area contributed by atoms with Gasteiger partial charge in [-0.2, -0.15) is 0 Å². The molecule has 0 saturated carbocycles. The summed E-state index contributed by atoms with van der Waals surface area (Å²) in [6.45, 7) is 1.00. The molecule has 3 amide bonds. The van der Waals surface area contributed by atoms with E-state index in [0.717, 1.165) is 0 Å². The van der Waals surface area contributed by atoms with Gasteiger partial charge in [0.05, 0.1) is 12.7 Å². The minimum atomic E-state index is -1.48.